The Kier molecular flexibility index (Phi) is 7.82. The molecule has 0 spiro atoms. The average Bonchev–Trinajstić information content (AvgIpc) is 2.82. The van der Waals surface area contributed by atoms with Gasteiger partial charge in [-0.15, -0.1) is 12.4 Å². The number of nitrogens with one attached hydrogen (secondary N) is 1. The van der Waals surface area contributed by atoms with E-state index in [2.05, 4.69) is 5.32 Å². The number of carbonyl (C=O) groups is 3. The second-order valence-electron chi connectivity index (χ2n) is 6.00. The van der Waals surface area contributed by atoms with Gasteiger partial charge in [0.15, 0.2) is 0 Å². The van der Waals surface area contributed by atoms with Crippen LogP contribution in [0.5, 0.6) is 0 Å². The summed E-state index contributed by atoms with van der Waals surface area (Å²) >= 11 is 0. The molecule has 0 aromatic carbocycles. The second-order valence-corrected chi connectivity index (χ2v) is 6.00. The Balaban J connectivity index is 0.00000242. The van der Waals surface area contributed by atoms with Crippen LogP contribution in [-0.2, 0) is 14.4 Å². The van der Waals surface area contributed by atoms with E-state index in [0.717, 1.165) is 12.8 Å². The summed E-state index contributed by atoms with van der Waals surface area (Å²) in [7, 11) is 0. The van der Waals surface area contributed by atoms with Gasteiger partial charge in [-0.05, 0) is 18.8 Å². The molecule has 7 heteroatoms. The quantitative estimate of drug-likeness (QED) is 0.709. The first kappa shape index (κ1) is 18.9. The van der Waals surface area contributed by atoms with Crippen LogP contribution in [0.15, 0.2) is 0 Å². The van der Waals surface area contributed by atoms with E-state index in [1.54, 1.807) is 0 Å². The SMILES string of the molecule is Cl.NCC(NC(=O)CCN1C(=O)CCC1=O)C1CCCCC1. The first-order chi connectivity index (χ1) is 10.1. The van der Waals surface area contributed by atoms with E-state index in [4.69, 9.17) is 5.73 Å². The molecular weight excluding hydrogens is 306 g/mol. The number of amides is 3. The van der Waals surface area contributed by atoms with E-state index in [1.165, 1.54) is 24.2 Å². The molecule has 22 heavy (non-hydrogen) atoms. The molecule has 1 saturated carbocycles. The number of rotatable bonds is 6. The summed E-state index contributed by atoms with van der Waals surface area (Å²) in [5, 5.41) is 2.98. The van der Waals surface area contributed by atoms with E-state index >= 15 is 0 Å². The highest BCUT2D eigenvalue weighted by molar-refractivity contribution is 6.02. The molecule has 1 aliphatic carbocycles. The summed E-state index contributed by atoms with van der Waals surface area (Å²) in [6.07, 6.45) is 6.61. The molecular formula is C15H26ClN3O3. The van der Waals surface area contributed by atoms with Crippen molar-refractivity contribution in [1.29, 1.82) is 0 Å². The molecule has 3 amide bonds. The van der Waals surface area contributed by atoms with Crippen LogP contribution in [0, 0.1) is 5.92 Å². The number of halogens is 1. The zero-order chi connectivity index (χ0) is 15.2. The largest absolute Gasteiger partial charge is 0.352 e. The Morgan fingerprint density at radius 3 is 2.32 bits per heavy atom. The zero-order valence-electron chi connectivity index (χ0n) is 12.9. The van der Waals surface area contributed by atoms with Gasteiger partial charge >= 0.3 is 0 Å². The van der Waals surface area contributed by atoms with E-state index in [1.807, 2.05) is 0 Å². The monoisotopic (exact) mass is 331 g/mol. The number of hydrogen-bond acceptors (Lipinski definition) is 4. The minimum Gasteiger partial charge on any atom is -0.352 e. The molecule has 1 atom stereocenters. The molecule has 1 heterocycles. The van der Waals surface area contributed by atoms with Gasteiger partial charge in [0.05, 0.1) is 0 Å². The van der Waals surface area contributed by atoms with Crippen molar-refractivity contribution in [1.82, 2.24) is 10.2 Å². The fourth-order valence-electron chi connectivity index (χ4n) is 3.27. The molecule has 0 bridgehead atoms. The summed E-state index contributed by atoms with van der Waals surface area (Å²) in [6, 6.07) is 0.0165. The molecule has 0 radical (unpaired) electrons. The lowest BCUT2D eigenvalue weighted by molar-refractivity contribution is -0.138. The number of imide groups is 1. The standard InChI is InChI=1S/C15H25N3O3.ClH/c16-10-12(11-4-2-1-3-5-11)17-13(19)8-9-18-14(20)6-7-15(18)21;/h11-12H,1-10,16H2,(H,17,19);1H. The first-order valence-corrected chi connectivity index (χ1v) is 7.94. The van der Waals surface area contributed by atoms with E-state index in [0.29, 0.717) is 12.5 Å². The fraction of sp³-hybridized carbons (Fsp3) is 0.800. The van der Waals surface area contributed by atoms with Crippen molar-refractivity contribution in [2.45, 2.75) is 57.4 Å². The number of nitrogens with zero attached hydrogens (tertiary/aromatic N) is 1. The van der Waals surface area contributed by atoms with Crippen LogP contribution < -0.4 is 11.1 Å². The molecule has 0 aromatic rings. The van der Waals surface area contributed by atoms with Gasteiger partial charge in [0.1, 0.15) is 0 Å². The Labute approximate surface area is 137 Å². The van der Waals surface area contributed by atoms with Gasteiger partial charge in [-0.3, -0.25) is 19.3 Å². The van der Waals surface area contributed by atoms with Crippen molar-refractivity contribution < 1.29 is 14.4 Å². The molecule has 0 aromatic heterocycles. The minimum absolute atomic E-state index is 0. The van der Waals surface area contributed by atoms with Gasteiger partial charge in [0, 0.05) is 38.4 Å². The third-order valence-electron chi connectivity index (χ3n) is 4.54. The maximum Gasteiger partial charge on any atom is 0.229 e. The van der Waals surface area contributed by atoms with E-state index in [-0.39, 0.29) is 62.0 Å². The molecule has 2 aliphatic rings. The van der Waals surface area contributed by atoms with Crippen molar-refractivity contribution in [3.8, 4) is 0 Å². The second kappa shape index (κ2) is 9.10. The van der Waals surface area contributed by atoms with Gasteiger partial charge in [0.25, 0.3) is 0 Å². The van der Waals surface area contributed by atoms with Crippen LogP contribution in [0.25, 0.3) is 0 Å². The van der Waals surface area contributed by atoms with Gasteiger partial charge in [-0.2, -0.15) is 0 Å². The summed E-state index contributed by atoms with van der Waals surface area (Å²) in [4.78, 5) is 36.2. The van der Waals surface area contributed by atoms with E-state index in [9.17, 15) is 14.4 Å². The maximum atomic E-state index is 12.0. The van der Waals surface area contributed by atoms with Crippen LogP contribution in [0.1, 0.15) is 51.4 Å². The highest BCUT2D eigenvalue weighted by atomic mass is 35.5. The van der Waals surface area contributed by atoms with Gasteiger partial charge in [0.2, 0.25) is 17.7 Å². The third-order valence-corrected chi connectivity index (χ3v) is 4.54. The highest BCUT2D eigenvalue weighted by Gasteiger charge is 2.29. The topological polar surface area (TPSA) is 92.5 Å². The summed E-state index contributed by atoms with van der Waals surface area (Å²) in [5.41, 5.74) is 5.78. The van der Waals surface area contributed by atoms with E-state index < -0.39 is 0 Å². The van der Waals surface area contributed by atoms with Crippen molar-refractivity contribution in [2.24, 2.45) is 11.7 Å². The predicted molar refractivity (Wildman–Crippen MR) is 85.4 cm³/mol. The zero-order valence-corrected chi connectivity index (χ0v) is 13.7. The van der Waals surface area contributed by atoms with Crippen LogP contribution in [0.2, 0.25) is 0 Å². The van der Waals surface area contributed by atoms with Crippen LogP contribution in [0.4, 0.5) is 0 Å². The van der Waals surface area contributed by atoms with Gasteiger partial charge in [-0.25, -0.2) is 0 Å². The molecule has 2 fully saturated rings. The number of carbonyl (C=O) groups excluding carboxylic acids is 3. The molecule has 1 unspecified atom stereocenters. The fourth-order valence-corrected chi connectivity index (χ4v) is 3.27. The average molecular weight is 332 g/mol. The predicted octanol–water partition coefficient (Wildman–Crippen LogP) is 0.971. The molecule has 2 rings (SSSR count). The number of likely N-dealkylation sites (tertiary alicyclic amines) is 1. The lowest BCUT2D eigenvalue weighted by Crippen LogP contribution is -2.46. The van der Waals surface area contributed by atoms with Crippen molar-refractivity contribution >= 4 is 30.1 Å². The summed E-state index contributed by atoms with van der Waals surface area (Å²) < 4.78 is 0. The Morgan fingerprint density at radius 1 is 1.18 bits per heavy atom. The normalized spacial score (nSPS) is 20.7. The van der Waals surface area contributed by atoms with Crippen molar-refractivity contribution in [3.05, 3.63) is 0 Å². The summed E-state index contributed by atoms with van der Waals surface area (Å²) in [5.74, 6) is -0.00261. The highest BCUT2D eigenvalue weighted by Crippen LogP contribution is 2.26. The minimum atomic E-state index is -0.171. The molecule has 6 nitrogen and oxygen atoms in total. The number of nitrogens with two attached hydrogens (primary N) is 1. The molecule has 1 aliphatic heterocycles. The van der Waals surface area contributed by atoms with Gasteiger partial charge < -0.3 is 11.1 Å². The lowest BCUT2D eigenvalue weighted by atomic mass is 9.84. The number of hydrogen-bond donors (Lipinski definition) is 2. The Morgan fingerprint density at radius 2 is 1.77 bits per heavy atom. The lowest BCUT2D eigenvalue weighted by Gasteiger charge is -2.30. The molecule has 1 saturated heterocycles. The summed E-state index contributed by atoms with van der Waals surface area (Å²) in [6.45, 7) is 0.628. The first-order valence-electron chi connectivity index (χ1n) is 7.94. The molecule has 126 valence electrons. The molecule has 3 N–H and O–H groups in total. The van der Waals surface area contributed by atoms with Crippen molar-refractivity contribution in [2.75, 3.05) is 13.1 Å². The van der Waals surface area contributed by atoms with Crippen molar-refractivity contribution in [3.63, 3.8) is 0 Å². The van der Waals surface area contributed by atoms with Crippen LogP contribution in [0.3, 0.4) is 0 Å². The Bertz CT molecular complexity index is 395. The smallest absolute Gasteiger partial charge is 0.229 e. The van der Waals surface area contributed by atoms with Crippen LogP contribution in [-0.4, -0.2) is 41.8 Å². The van der Waals surface area contributed by atoms with Crippen LogP contribution >= 0.6 is 12.4 Å². The van der Waals surface area contributed by atoms with Gasteiger partial charge in [-0.1, -0.05) is 19.3 Å². The Hall–Kier alpha value is -1.14. The third kappa shape index (κ3) is 4.95. The maximum absolute atomic E-state index is 12.0.